The molecule has 1 unspecified atom stereocenters. The molecule has 3 N–H and O–H groups in total. The normalized spacial score (nSPS) is 14.7. The molecule has 0 saturated heterocycles. The average molecular weight is 589 g/mol. The molecule has 4 rings (SSSR count). The molecule has 0 bridgehead atoms. The number of carboxylic acid groups (broad SMARTS) is 1. The van der Waals surface area contributed by atoms with Crippen LogP contribution in [0.4, 0.5) is 18.9 Å². The van der Waals surface area contributed by atoms with Crippen molar-refractivity contribution in [2.24, 2.45) is 5.92 Å². The Kier molecular flexibility index (Phi) is 10.3. The highest BCUT2D eigenvalue weighted by molar-refractivity contribution is 5.94. The van der Waals surface area contributed by atoms with Crippen molar-refractivity contribution in [3.05, 3.63) is 65.9 Å². The maximum Gasteiger partial charge on any atom is 0.573 e. The van der Waals surface area contributed by atoms with Crippen molar-refractivity contribution in [1.82, 2.24) is 15.1 Å². The van der Waals surface area contributed by atoms with E-state index in [1.54, 1.807) is 28.9 Å². The van der Waals surface area contributed by atoms with Gasteiger partial charge in [0, 0.05) is 24.0 Å². The molecule has 3 aromatic rings. The van der Waals surface area contributed by atoms with Gasteiger partial charge >= 0.3 is 12.3 Å². The van der Waals surface area contributed by atoms with E-state index in [-0.39, 0.29) is 36.6 Å². The summed E-state index contributed by atoms with van der Waals surface area (Å²) in [5, 5.41) is 19.7. The molecule has 226 valence electrons. The topological polar surface area (TPSA) is 115 Å². The van der Waals surface area contributed by atoms with Gasteiger partial charge in [-0.05, 0) is 73.7 Å². The monoisotopic (exact) mass is 588 g/mol. The van der Waals surface area contributed by atoms with E-state index in [4.69, 9.17) is 9.84 Å². The first-order valence-electron chi connectivity index (χ1n) is 14.1. The number of ether oxygens (including phenoxy) is 2. The van der Waals surface area contributed by atoms with Crippen LogP contribution in [0.1, 0.15) is 73.8 Å². The SMILES string of the molecule is CCCOc1nn(-c2ccc(OC(F)(F)F)cc2)cc1C(Nc1ccc(C(=O)NCCC(=O)O)cc1)C1CCCCC1. The van der Waals surface area contributed by atoms with Crippen molar-refractivity contribution >= 4 is 17.6 Å². The standard InChI is InChI=1S/C30H35F3N4O5/c1-2-18-41-29-25(19-37(36-29)23-12-14-24(15-13-23)42-30(31,32)33)27(20-6-4-3-5-7-20)35-22-10-8-21(9-11-22)28(40)34-17-16-26(38)39/h8-15,19-20,27,35H,2-7,16-18H2,1H3,(H,34,40)(H,38,39). The van der Waals surface area contributed by atoms with Crippen LogP contribution in [-0.2, 0) is 4.79 Å². The molecule has 1 atom stereocenters. The Morgan fingerprint density at radius 3 is 2.38 bits per heavy atom. The number of rotatable bonds is 13. The highest BCUT2D eigenvalue weighted by Gasteiger charge is 2.32. The summed E-state index contributed by atoms with van der Waals surface area (Å²) in [4.78, 5) is 23.1. The first kappa shape index (κ1) is 30.7. The summed E-state index contributed by atoms with van der Waals surface area (Å²) >= 11 is 0. The molecule has 9 nitrogen and oxygen atoms in total. The number of hydrogen-bond donors (Lipinski definition) is 3. The van der Waals surface area contributed by atoms with Gasteiger partial charge in [-0.15, -0.1) is 18.3 Å². The molecule has 1 aliphatic carbocycles. The van der Waals surface area contributed by atoms with Crippen LogP contribution < -0.4 is 20.1 Å². The number of hydrogen-bond acceptors (Lipinski definition) is 6. The zero-order valence-electron chi connectivity index (χ0n) is 23.3. The van der Waals surface area contributed by atoms with Gasteiger partial charge in [-0.1, -0.05) is 26.2 Å². The van der Waals surface area contributed by atoms with E-state index in [0.717, 1.165) is 43.4 Å². The molecule has 1 heterocycles. The number of aliphatic carboxylic acids is 1. The average Bonchev–Trinajstić information content (AvgIpc) is 3.38. The van der Waals surface area contributed by atoms with Crippen molar-refractivity contribution in [3.63, 3.8) is 0 Å². The third-order valence-electron chi connectivity index (χ3n) is 7.03. The maximum atomic E-state index is 12.6. The van der Waals surface area contributed by atoms with Gasteiger partial charge in [0.1, 0.15) is 5.75 Å². The molecule has 2 aromatic carbocycles. The minimum Gasteiger partial charge on any atom is -0.481 e. The summed E-state index contributed by atoms with van der Waals surface area (Å²) < 4.78 is 49.5. The fourth-order valence-corrected chi connectivity index (χ4v) is 5.03. The summed E-state index contributed by atoms with van der Waals surface area (Å²) in [6.07, 6.45) is 3.05. The van der Waals surface area contributed by atoms with Gasteiger partial charge < -0.3 is 25.2 Å². The lowest BCUT2D eigenvalue weighted by atomic mass is 9.81. The van der Waals surface area contributed by atoms with Gasteiger partial charge in [-0.2, -0.15) is 0 Å². The molecule has 0 spiro atoms. The maximum absolute atomic E-state index is 12.6. The molecule has 1 saturated carbocycles. The number of carbonyl (C=O) groups excluding carboxylic acids is 1. The lowest BCUT2D eigenvalue weighted by molar-refractivity contribution is -0.274. The molecule has 0 aliphatic heterocycles. The largest absolute Gasteiger partial charge is 0.573 e. The van der Waals surface area contributed by atoms with Crippen molar-refractivity contribution < 1.29 is 37.3 Å². The number of anilines is 1. The first-order valence-corrected chi connectivity index (χ1v) is 14.1. The number of halogens is 3. The minimum absolute atomic E-state index is 0.0422. The van der Waals surface area contributed by atoms with Crippen molar-refractivity contribution in [3.8, 4) is 17.3 Å². The summed E-state index contributed by atoms with van der Waals surface area (Å²) in [6.45, 7) is 2.48. The number of nitrogens with one attached hydrogen (secondary N) is 2. The van der Waals surface area contributed by atoms with E-state index in [1.165, 1.54) is 30.7 Å². The Bertz CT molecular complexity index is 1320. The summed E-state index contributed by atoms with van der Waals surface area (Å²) in [7, 11) is 0. The van der Waals surface area contributed by atoms with Crippen LogP contribution in [0.5, 0.6) is 11.6 Å². The van der Waals surface area contributed by atoms with Crippen molar-refractivity contribution in [1.29, 1.82) is 0 Å². The van der Waals surface area contributed by atoms with Crippen LogP contribution in [0.25, 0.3) is 5.69 Å². The molecule has 1 amide bonds. The predicted octanol–water partition coefficient (Wildman–Crippen LogP) is 6.50. The third kappa shape index (κ3) is 8.64. The highest BCUT2D eigenvalue weighted by Crippen LogP contribution is 2.40. The Balaban J connectivity index is 1.60. The van der Waals surface area contributed by atoms with E-state index >= 15 is 0 Å². The number of carbonyl (C=O) groups is 2. The first-order chi connectivity index (χ1) is 20.1. The third-order valence-corrected chi connectivity index (χ3v) is 7.03. The molecular weight excluding hydrogens is 553 g/mol. The number of amides is 1. The van der Waals surface area contributed by atoms with Gasteiger partial charge in [0.25, 0.3) is 5.91 Å². The summed E-state index contributed by atoms with van der Waals surface area (Å²) in [5.74, 6) is -0.926. The van der Waals surface area contributed by atoms with Gasteiger partial charge in [-0.25, -0.2) is 4.68 Å². The molecular formula is C30H35F3N4O5. The van der Waals surface area contributed by atoms with Crippen LogP contribution >= 0.6 is 0 Å². The Hall–Kier alpha value is -4.22. The number of aromatic nitrogens is 2. The smallest absolute Gasteiger partial charge is 0.481 e. The second kappa shape index (κ2) is 14.1. The van der Waals surface area contributed by atoms with E-state index in [9.17, 15) is 22.8 Å². The van der Waals surface area contributed by atoms with Crippen LogP contribution in [-0.4, -0.2) is 46.3 Å². The van der Waals surface area contributed by atoms with Gasteiger partial charge in [0.2, 0.25) is 5.88 Å². The number of benzene rings is 2. The molecule has 42 heavy (non-hydrogen) atoms. The second-order valence-electron chi connectivity index (χ2n) is 10.2. The van der Waals surface area contributed by atoms with E-state index in [2.05, 4.69) is 20.5 Å². The van der Waals surface area contributed by atoms with Gasteiger partial charge in [-0.3, -0.25) is 9.59 Å². The van der Waals surface area contributed by atoms with Crippen molar-refractivity contribution in [2.75, 3.05) is 18.5 Å². The van der Waals surface area contributed by atoms with Crippen LogP contribution in [0.3, 0.4) is 0 Å². The Morgan fingerprint density at radius 1 is 1.07 bits per heavy atom. The molecule has 1 aliphatic rings. The van der Waals surface area contributed by atoms with Crippen molar-refractivity contribution in [2.45, 2.75) is 64.3 Å². The number of nitrogens with zero attached hydrogens (tertiary/aromatic N) is 2. The number of alkyl halides is 3. The summed E-state index contributed by atoms with van der Waals surface area (Å²) in [6, 6.07) is 12.3. The molecule has 12 heteroatoms. The van der Waals surface area contributed by atoms with Crippen LogP contribution in [0, 0.1) is 5.92 Å². The highest BCUT2D eigenvalue weighted by atomic mass is 19.4. The zero-order valence-corrected chi connectivity index (χ0v) is 23.3. The lowest BCUT2D eigenvalue weighted by Gasteiger charge is -2.31. The minimum atomic E-state index is -4.78. The van der Waals surface area contributed by atoms with Crippen LogP contribution in [0.2, 0.25) is 0 Å². The van der Waals surface area contributed by atoms with Crippen LogP contribution in [0.15, 0.2) is 54.7 Å². The fraction of sp³-hybridized carbons (Fsp3) is 0.433. The number of carboxylic acids is 1. The molecule has 1 aromatic heterocycles. The molecule has 1 fully saturated rings. The lowest BCUT2D eigenvalue weighted by Crippen LogP contribution is -2.26. The quantitative estimate of drug-likeness (QED) is 0.209. The summed E-state index contributed by atoms with van der Waals surface area (Å²) in [5.41, 5.74) is 2.59. The van der Waals surface area contributed by atoms with Gasteiger partial charge in [0.15, 0.2) is 0 Å². The Morgan fingerprint density at radius 2 is 1.76 bits per heavy atom. The zero-order chi connectivity index (χ0) is 30.1. The second-order valence-corrected chi connectivity index (χ2v) is 10.2. The van der Waals surface area contributed by atoms with E-state index in [0.29, 0.717) is 23.7 Å². The van der Waals surface area contributed by atoms with E-state index < -0.39 is 12.3 Å². The van der Waals surface area contributed by atoms with E-state index in [1.807, 2.05) is 13.1 Å². The predicted molar refractivity (Wildman–Crippen MR) is 150 cm³/mol. The Labute approximate surface area is 242 Å². The van der Waals surface area contributed by atoms with Gasteiger partial charge in [0.05, 0.1) is 30.3 Å². The molecule has 0 radical (unpaired) electrons. The fourth-order valence-electron chi connectivity index (χ4n) is 5.03.